The Hall–Kier alpha value is -1.25. The third-order valence-electron chi connectivity index (χ3n) is 4.10. The van der Waals surface area contributed by atoms with Gasteiger partial charge in [-0.05, 0) is 37.3 Å². The van der Waals surface area contributed by atoms with E-state index in [1.165, 1.54) is 32.1 Å². The van der Waals surface area contributed by atoms with Crippen LogP contribution >= 0.6 is 0 Å². The Bertz CT molecular complexity index is 370. The molecule has 0 radical (unpaired) electrons. The van der Waals surface area contributed by atoms with E-state index in [1.807, 2.05) is 12.1 Å². The lowest BCUT2D eigenvalue weighted by atomic mass is 9.81. The summed E-state index contributed by atoms with van der Waals surface area (Å²) in [7, 11) is 0. The minimum Gasteiger partial charge on any atom is -0.370 e. The predicted molar refractivity (Wildman–Crippen MR) is 82.6 cm³/mol. The summed E-state index contributed by atoms with van der Waals surface area (Å²) in [6.07, 6.45) is 6.93. The first-order chi connectivity index (χ1) is 9.28. The summed E-state index contributed by atoms with van der Waals surface area (Å²) in [5.41, 5.74) is 0. The van der Waals surface area contributed by atoms with Crippen LogP contribution < -0.4 is 10.6 Å². The maximum Gasteiger partial charge on any atom is 0.128 e. The summed E-state index contributed by atoms with van der Waals surface area (Å²) in [5, 5.41) is 6.69. The SMILES string of the molecule is CCNc1cccc(NCCC2CCC(C)CC2)n1. The molecule has 0 atom stereocenters. The van der Waals surface area contributed by atoms with E-state index >= 15 is 0 Å². The first kappa shape index (κ1) is 14.2. The van der Waals surface area contributed by atoms with Gasteiger partial charge in [0.1, 0.15) is 11.6 Å². The van der Waals surface area contributed by atoms with E-state index in [0.717, 1.165) is 36.6 Å². The lowest BCUT2D eigenvalue weighted by Crippen LogP contribution is -2.16. The molecule has 0 bridgehead atoms. The van der Waals surface area contributed by atoms with Crippen molar-refractivity contribution in [2.24, 2.45) is 11.8 Å². The molecule has 1 aromatic heterocycles. The van der Waals surface area contributed by atoms with Crippen LogP contribution in [0.3, 0.4) is 0 Å². The fraction of sp³-hybridized carbons (Fsp3) is 0.688. The van der Waals surface area contributed by atoms with Crippen molar-refractivity contribution in [1.82, 2.24) is 4.98 Å². The number of nitrogens with zero attached hydrogens (tertiary/aromatic N) is 1. The van der Waals surface area contributed by atoms with Crippen molar-refractivity contribution in [3.63, 3.8) is 0 Å². The maximum atomic E-state index is 4.53. The molecule has 1 aromatic rings. The molecule has 3 heteroatoms. The summed E-state index contributed by atoms with van der Waals surface area (Å²) in [4.78, 5) is 4.53. The van der Waals surface area contributed by atoms with Crippen LogP contribution in [0.2, 0.25) is 0 Å². The molecule has 0 unspecified atom stereocenters. The van der Waals surface area contributed by atoms with E-state index in [-0.39, 0.29) is 0 Å². The van der Waals surface area contributed by atoms with Crippen LogP contribution in [0.5, 0.6) is 0 Å². The second-order valence-corrected chi connectivity index (χ2v) is 5.78. The fourth-order valence-corrected chi connectivity index (χ4v) is 2.83. The van der Waals surface area contributed by atoms with E-state index in [2.05, 4.69) is 35.5 Å². The van der Waals surface area contributed by atoms with Gasteiger partial charge < -0.3 is 10.6 Å². The monoisotopic (exact) mass is 261 g/mol. The van der Waals surface area contributed by atoms with Gasteiger partial charge in [0.15, 0.2) is 0 Å². The Morgan fingerprint density at radius 3 is 2.47 bits per heavy atom. The highest BCUT2D eigenvalue weighted by molar-refractivity contribution is 5.44. The van der Waals surface area contributed by atoms with Gasteiger partial charge >= 0.3 is 0 Å². The van der Waals surface area contributed by atoms with Crippen LogP contribution in [-0.4, -0.2) is 18.1 Å². The van der Waals surface area contributed by atoms with Crippen LogP contribution in [0, 0.1) is 11.8 Å². The Morgan fingerprint density at radius 1 is 1.11 bits per heavy atom. The molecule has 0 spiro atoms. The van der Waals surface area contributed by atoms with Gasteiger partial charge in [0.25, 0.3) is 0 Å². The Kier molecular flexibility index (Phi) is 5.49. The van der Waals surface area contributed by atoms with Gasteiger partial charge in [0.05, 0.1) is 0 Å². The number of anilines is 2. The standard InChI is InChI=1S/C16H27N3/c1-3-17-15-5-4-6-16(19-15)18-12-11-14-9-7-13(2)8-10-14/h4-6,13-14H,3,7-12H2,1-2H3,(H2,17,18,19). The zero-order valence-electron chi connectivity index (χ0n) is 12.3. The van der Waals surface area contributed by atoms with Crippen LogP contribution in [0.25, 0.3) is 0 Å². The molecule has 1 aliphatic rings. The van der Waals surface area contributed by atoms with Gasteiger partial charge in [-0.2, -0.15) is 0 Å². The second-order valence-electron chi connectivity index (χ2n) is 5.78. The first-order valence-corrected chi connectivity index (χ1v) is 7.72. The third kappa shape index (κ3) is 4.73. The summed E-state index contributed by atoms with van der Waals surface area (Å²) in [6.45, 7) is 6.43. The molecule has 19 heavy (non-hydrogen) atoms. The quantitative estimate of drug-likeness (QED) is 0.808. The van der Waals surface area contributed by atoms with E-state index in [4.69, 9.17) is 0 Å². The van der Waals surface area contributed by atoms with Gasteiger partial charge in [-0.1, -0.05) is 38.7 Å². The highest BCUT2D eigenvalue weighted by Gasteiger charge is 2.17. The Balaban J connectivity index is 1.71. The highest BCUT2D eigenvalue weighted by atomic mass is 15.1. The molecule has 106 valence electrons. The van der Waals surface area contributed by atoms with Crippen molar-refractivity contribution in [2.75, 3.05) is 23.7 Å². The summed E-state index contributed by atoms with van der Waals surface area (Å²) in [6, 6.07) is 6.11. The maximum absolute atomic E-state index is 4.53. The van der Waals surface area contributed by atoms with E-state index in [1.54, 1.807) is 0 Å². The van der Waals surface area contributed by atoms with Crippen molar-refractivity contribution >= 4 is 11.6 Å². The topological polar surface area (TPSA) is 37.0 Å². The molecule has 1 heterocycles. The molecule has 2 rings (SSSR count). The third-order valence-corrected chi connectivity index (χ3v) is 4.10. The molecule has 1 saturated carbocycles. The lowest BCUT2D eigenvalue weighted by molar-refractivity contribution is 0.282. The molecule has 1 aliphatic carbocycles. The zero-order valence-corrected chi connectivity index (χ0v) is 12.3. The zero-order chi connectivity index (χ0) is 13.5. The van der Waals surface area contributed by atoms with Crippen LogP contribution in [0.1, 0.15) is 46.0 Å². The molecular weight excluding hydrogens is 234 g/mol. The van der Waals surface area contributed by atoms with E-state index in [0.29, 0.717) is 0 Å². The van der Waals surface area contributed by atoms with Gasteiger partial charge in [0, 0.05) is 13.1 Å². The molecule has 0 amide bonds. The fourth-order valence-electron chi connectivity index (χ4n) is 2.83. The van der Waals surface area contributed by atoms with Crippen LogP contribution in [0.4, 0.5) is 11.6 Å². The second kappa shape index (κ2) is 7.37. The summed E-state index contributed by atoms with van der Waals surface area (Å²) >= 11 is 0. The largest absolute Gasteiger partial charge is 0.370 e. The Labute approximate surface area is 117 Å². The van der Waals surface area contributed by atoms with Gasteiger partial charge in [0.2, 0.25) is 0 Å². The number of pyridine rings is 1. The van der Waals surface area contributed by atoms with Crippen molar-refractivity contribution in [3.8, 4) is 0 Å². The minimum absolute atomic E-state index is 0.913. The summed E-state index contributed by atoms with van der Waals surface area (Å²) in [5.74, 6) is 3.81. The summed E-state index contributed by atoms with van der Waals surface area (Å²) < 4.78 is 0. The number of nitrogens with one attached hydrogen (secondary N) is 2. The molecule has 0 aliphatic heterocycles. The molecule has 0 saturated heterocycles. The van der Waals surface area contributed by atoms with Crippen molar-refractivity contribution in [2.45, 2.75) is 46.0 Å². The molecular formula is C16H27N3. The average Bonchev–Trinajstić information content (AvgIpc) is 2.42. The molecule has 2 N–H and O–H groups in total. The van der Waals surface area contributed by atoms with Crippen LogP contribution in [-0.2, 0) is 0 Å². The van der Waals surface area contributed by atoms with E-state index in [9.17, 15) is 0 Å². The minimum atomic E-state index is 0.913. The molecule has 1 fully saturated rings. The molecule has 0 aromatic carbocycles. The smallest absolute Gasteiger partial charge is 0.128 e. The average molecular weight is 261 g/mol. The number of hydrogen-bond acceptors (Lipinski definition) is 3. The highest BCUT2D eigenvalue weighted by Crippen LogP contribution is 2.30. The van der Waals surface area contributed by atoms with Gasteiger partial charge in [-0.3, -0.25) is 0 Å². The normalized spacial score (nSPS) is 23.1. The number of rotatable bonds is 6. The Morgan fingerprint density at radius 2 is 1.79 bits per heavy atom. The molecule has 3 nitrogen and oxygen atoms in total. The van der Waals surface area contributed by atoms with Crippen molar-refractivity contribution < 1.29 is 0 Å². The van der Waals surface area contributed by atoms with Crippen LogP contribution in [0.15, 0.2) is 18.2 Å². The lowest BCUT2D eigenvalue weighted by Gasteiger charge is -2.26. The van der Waals surface area contributed by atoms with Crippen molar-refractivity contribution in [1.29, 1.82) is 0 Å². The first-order valence-electron chi connectivity index (χ1n) is 7.72. The predicted octanol–water partition coefficient (Wildman–Crippen LogP) is 4.14. The van der Waals surface area contributed by atoms with Crippen molar-refractivity contribution in [3.05, 3.63) is 18.2 Å². The number of aromatic nitrogens is 1. The van der Waals surface area contributed by atoms with Gasteiger partial charge in [-0.25, -0.2) is 4.98 Å². The van der Waals surface area contributed by atoms with Gasteiger partial charge in [-0.15, -0.1) is 0 Å². The number of hydrogen-bond donors (Lipinski definition) is 2. The van der Waals surface area contributed by atoms with E-state index < -0.39 is 0 Å².